The number of benzene rings is 7. The molecule has 3 nitrogen and oxygen atoms in total. The molecule has 0 saturated carbocycles. The summed E-state index contributed by atoms with van der Waals surface area (Å²) in [4.78, 5) is 1.47. The summed E-state index contributed by atoms with van der Waals surface area (Å²) in [7, 11) is 0. The largest absolute Gasteiger partial charge is 0.312 e. The molecule has 3 heterocycles. The second kappa shape index (κ2) is 14.5. The zero-order valence-electron chi connectivity index (χ0n) is 31.1. The van der Waals surface area contributed by atoms with Crippen molar-refractivity contribution in [2.45, 2.75) is 31.2 Å². The van der Waals surface area contributed by atoms with Gasteiger partial charge in [-0.1, -0.05) is 133 Å². The van der Waals surface area contributed by atoms with Gasteiger partial charge in [0.15, 0.2) is 0 Å². The van der Waals surface area contributed by atoms with E-state index in [9.17, 15) is 0 Å². The van der Waals surface area contributed by atoms with Gasteiger partial charge in [-0.15, -0.1) is 34.0 Å². The smallest absolute Gasteiger partial charge is 0.0852 e. The van der Waals surface area contributed by atoms with Crippen LogP contribution in [0.5, 0.6) is 0 Å². The lowest BCUT2D eigenvalue weighted by Gasteiger charge is -2.25. The van der Waals surface area contributed by atoms with E-state index in [0.717, 1.165) is 24.1 Å². The van der Waals surface area contributed by atoms with Crippen molar-refractivity contribution in [2.24, 2.45) is 5.73 Å². The Morgan fingerprint density at radius 1 is 0.561 bits per heavy atom. The van der Waals surface area contributed by atoms with E-state index < -0.39 is 0 Å². The van der Waals surface area contributed by atoms with Crippen molar-refractivity contribution < 1.29 is 0 Å². The molecule has 57 heavy (non-hydrogen) atoms. The molecule has 3 unspecified atom stereocenters. The van der Waals surface area contributed by atoms with E-state index in [0.29, 0.717) is 5.92 Å². The second-order valence-corrected chi connectivity index (χ2v) is 18.2. The third kappa shape index (κ3) is 6.21. The summed E-state index contributed by atoms with van der Waals surface area (Å²) in [6.07, 6.45) is 5.28. The molecule has 3 aromatic heterocycles. The van der Waals surface area contributed by atoms with E-state index in [1.54, 1.807) is 0 Å². The lowest BCUT2D eigenvalue weighted by molar-refractivity contribution is 0.386. The number of hydrogen-bond donors (Lipinski definition) is 3. The van der Waals surface area contributed by atoms with Crippen LogP contribution in [0.3, 0.4) is 0 Å². The Hall–Kier alpha value is -5.44. The van der Waals surface area contributed by atoms with Gasteiger partial charge in [0, 0.05) is 67.8 Å². The standard InChI is InChI=1S/C51H39N3S3/c52-50(54-51(32-14-5-2-6-15-32)53-30-31-12-3-1-4-13-31)34-25-27-43-41(28-34)48-39(19-10-22-44(48)55-43)38-18-11-23-45-47(38)40-20-9-17-35(49(40)57-45)33-24-26-37-36-16-7-8-21-42(36)56-46(37)29-33/h1-16,18-29,35,50-51,53-54H,17,30,52H2. The Morgan fingerprint density at radius 2 is 1.25 bits per heavy atom. The topological polar surface area (TPSA) is 50.1 Å². The first-order valence-corrected chi connectivity index (χ1v) is 22.0. The number of rotatable bonds is 9. The Morgan fingerprint density at radius 3 is 2.09 bits per heavy atom. The monoisotopic (exact) mass is 789 g/mol. The molecule has 0 aliphatic heterocycles. The summed E-state index contributed by atoms with van der Waals surface area (Å²) in [5.41, 5.74) is 15.8. The van der Waals surface area contributed by atoms with Gasteiger partial charge in [-0.2, -0.15) is 0 Å². The minimum Gasteiger partial charge on any atom is -0.312 e. The molecule has 0 radical (unpaired) electrons. The van der Waals surface area contributed by atoms with E-state index in [-0.39, 0.29) is 12.3 Å². The van der Waals surface area contributed by atoms with Crippen molar-refractivity contribution in [3.63, 3.8) is 0 Å². The maximum atomic E-state index is 7.05. The van der Waals surface area contributed by atoms with Crippen LogP contribution in [0.15, 0.2) is 164 Å². The van der Waals surface area contributed by atoms with Gasteiger partial charge in [0.05, 0.1) is 12.3 Å². The van der Waals surface area contributed by atoms with Crippen molar-refractivity contribution in [2.75, 3.05) is 0 Å². The van der Waals surface area contributed by atoms with Crippen LogP contribution in [0.25, 0.3) is 67.6 Å². The number of hydrogen-bond acceptors (Lipinski definition) is 6. The quantitative estimate of drug-likeness (QED) is 0.128. The van der Waals surface area contributed by atoms with Gasteiger partial charge < -0.3 is 5.73 Å². The second-order valence-electron chi connectivity index (χ2n) is 15.0. The molecule has 3 atom stereocenters. The number of nitrogens with one attached hydrogen (secondary N) is 2. The van der Waals surface area contributed by atoms with Gasteiger partial charge in [-0.3, -0.25) is 10.6 Å². The molecule has 0 amide bonds. The third-order valence-corrected chi connectivity index (χ3v) is 15.1. The lowest BCUT2D eigenvalue weighted by Crippen LogP contribution is -2.39. The highest BCUT2D eigenvalue weighted by atomic mass is 32.1. The van der Waals surface area contributed by atoms with Crippen LogP contribution in [-0.4, -0.2) is 0 Å². The molecule has 0 saturated heterocycles. The predicted octanol–water partition coefficient (Wildman–Crippen LogP) is 13.9. The normalized spacial score (nSPS) is 15.2. The van der Waals surface area contributed by atoms with Crippen LogP contribution in [-0.2, 0) is 6.54 Å². The number of thiophene rings is 3. The van der Waals surface area contributed by atoms with Crippen molar-refractivity contribution in [1.82, 2.24) is 10.6 Å². The Balaban J connectivity index is 0.971. The highest BCUT2D eigenvalue weighted by Crippen LogP contribution is 2.50. The van der Waals surface area contributed by atoms with Crippen molar-refractivity contribution >= 4 is 90.5 Å². The molecule has 0 fully saturated rings. The zero-order valence-corrected chi connectivity index (χ0v) is 33.6. The van der Waals surface area contributed by atoms with E-state index in [4.69, 9.17) is 5.73 Å². The van der Waals surface area contributed by atoms with Crippen LogP contribution in [0.4, 0.5) is 0 Å². The van der Waals surface area contributed by atoms with Gasteiger partial charge in [0.1, 0.15) is 0 Å². The fourth-order valence-electron chi connectivity index (χ4n) is 8.79. The molecule has 11 rings (SSSR count). The minimum absolute atomic E-state index is 0.127. The Kier molecular flexibility index (Phi) is 8.84. The van der Waals surface area contributed by atoms with Crippen molar-refractivity contribution in [3.8, 4) is 11.1 Å². The molecule has 7 aromatic carbocycles. The summed E-state index contributed by atoms with van der Waals surface area (Å²) in [6.45, 7) is 0.729. The Labute approximate surface area is 343 Å². The van der Waals surface area contributed by atoms with Gasteiger partial charge in [0.2, 0.25) is 0 Å². The molecule has 1 aliphatic carbocycles. The van der Waals surface area contributed by atoms with E-state index in [2.05, 4.69) is 181 Å². The third-order valence-electron chi connectivity index (χ3n) is 11.6. The van der Waals surface area contributed by atoms with Gasteiger partial charge in [0.25, 0.3) is 0 Å². The average molecular weight is 790 g/mol. The summed E-state index contributed by atoms with van der Waals surface area (Å²) < 4.78 is 6.63. The van der Waals surface area contributed by atoms with Gasteiger partial charge >= 0.3 is 0 Å². The predicted molar refractivity (Wildman–Crippen MR) is 248 cm³/mol. The summed E-state index contributed by atoms with van der Waals surface area (Å²) in [5, 5.41) is 14.1. The molecule has 6 heteroatoms. The van der Waals surface area contributed by atoms with Crippen molar-refractivity contribution in [1.29, 1.82) is 0 Å². The van der Waals surface area contributed by atoms with E-state index in [1.165, 1.54) is 83.1 Å². The van der Waals surface area contributed by atoms with Crippen LogP contribution in [0, 0.1) is 0 Å². The molecule has 0 spiro atoms. The fraction of sp³-hybridized carbons (Fsp3) is 0.0980. The molecular weight excluding hydrogens is 751 g/mol. The maximum Gasteiger partial charge on any atom is 0.0852 e. The van der Waals surface area contributed by atoms with E-state index >= 15 is 0 Å². The first kappa shape index (κ1) is 34.8. The summed E-state index contributed by atoms with van der Waals surface area (Å²) in [6, 6.07) is 57.4. The summed E-state index contributed by atoms with van der Waals surface area (Å²) >= 11 is 5.73. The van der Waals surface area contributed by atoms with Crippen LogP contribution in [0.1, 0.15) is 57.4 Å². The highest BCUT2D eigenvalue weighted by molar-refractivity contribution is 7.26. The average Bonchev–Trinajstić information content (AvgIpc) is 3.96. The minimum atomic E-state index is -0.383. The molecule has 276 valence electrons. The first-order chi connectivity index (χ1) is 28.2. The van der Waals surface area contributed by atoms with Crippen molar-refractivity contribution in [3.05, 3.63) is 196 Å². The number of nitrogens with two attached hydrogens (primary N) is 1. The highest BCUT2D eigenvalue weighted by Gasteiger charge is 2.26. The molecule has 0 bridgehead atoms. The SMILES string of the molecule is NC(NC(NCc1ccccc1)c1ccccc1)c1ccc2sc3cccc(-c4cccc5sc6c(c45)C=CCC6c4ccc5c(c4)sc4ccccc45)c3c2c1. The number of allylic oxidation sites excluding steroid dienone is 1. The molecule has 10 aromatic rings. The number of fused-ring (bicyclic) bond motifs is 9. The zero-order chi connectivity index (χ0) is 37.9. The molecular formula is C51H39N3S3. The van der Waals surface area contributed by atoms with Crippen LogP contribution < -0.4 is 16.4 Å². The van der Waals surface area contributed by atoms with Gasteiger partial charge in [-0.25, -0.2) is 0 Å². The Bertz CT molecular complexity index is 3120. The van der Waals surface area contributed by atoms with Crippen LogP contribution >= 0.6 is 34.0 Å². The van der Waals surface area contributed by atoms with Gasteiger partial charge in [-0.05, 0) is 81.8 Å². The molecule has 1 aliphatic rings. The maximum absolute atomic E-state index is 7.05. The van der Waals surface area contributed by atoms with E-state index in [1.807, 2.05) is 34.0 Å². The van der Waals surface area contributed by atoms with Crippen LogP contribution in [0.2, 0.25) is 0 Å². The fourth-order valence-corrected chi connectivity index (χ4v) is 12.4. The lowest BCUT2D eigenvalue weighted by atomic mass is 9.85. The summed E-state index contributed by atoms with van der Waals surface area (Å²) in [5.74, 6) is 0.334. The first-order valence-electron chi connectivity index (χ1n) is 19.6. The molecule has 4 N–H and O–H groups in total.